The van der Waals surface area contributed by atoms with Gasteiger partial charge in [-0.2, -0.15) is 0 Å². The van der Waals surface area contributed by atoms with E-state index in [0.717, 1.165) is 37.5 Å². The SMILES string of the molecule is CN(Cc1nnc2n1CCC2)C(=O)CCCN. The molecule has 2 heterocycles. The lowest BCUT2D eigenvalue weighted by Crippen LogP contribution is -2.28. The first kappa shape index (κ1) is 12.0. The van der Waals surface area contributed by atoms with Crippen LogP contribution in [0.1, 0.15) is 30.9 Å². The third-order valence-corrected chi connectivity index (χ3v) is 3.09. The summed E-state index contributed by atoms with van der Waals surface area (Å²) in [5, 5.41) is 8.26. The maximum Gasteiger partial charge on any atom is 0.222 e. The third-order valence-electron chi connectivity index (χ3n) is 3.09. The molecule has 0 aromatic carbocycles. The molecule has 1 aromatic heterocycles. The van der Waals surface area contributed by atoms with E-state index in [2.05, 4.69) is 14.8 Å². The Bertz CT molecular complexity index is 401. The number of carbonyl (C=O) groups excluding carboxylic acids is 1. The Hall–Kier alpha value is -1.43. The monoisotopic (exact) mass is 237 g/mol. The maximum atomic E-state index is 11.7. The van der Waals surface area contributed by atoms with E-state index in [1.165, 1.54) is 0 Å². The molecule has 2 N–H and O–H groups in total. The Kier molecular flexibility index (Phi) is 3.73. The Morgan fingerprint density at radius 3 is 3.12 bits per heavy atom. The normalized spacial score (nSPS) is 13.8. The lowest BCUT2D eigenvalue weighted by atomic mass is 10.3. The summed E-state index contributed by atoms with van der Waals surface area (Å²) < 4.78 is 2.12. The van der Waals surface area contributed by atoms with E-state index in [-0.39, 0.29) is 5.91 Å². The molecule has 1 amide bonds. The van der Waals surface area contributed by atoms with E-state index in [0.29, 0.717) is 19.5 Å². The predicted molar refractivity (Wildman–Crippen MR) is 63.1 cm³/mol. The number of nitrogens with two attached hydrogens (primary N) is 1. The second-order valence-electron chi connectivity index (χ2n) is 4.43. The van der Waals surface area contributed by atoms with Gasteiger partial charge in [-0.15, -0.1) is 10.2 Å². The van der Waals surface area contributed by atoms with Gasteiger partial charge in [0.2, 0.25) is 5.91 Å². The van der Waals surface area contributed by atoms with Crippen molar-refractivity contribution < 1.29 is 4.79 Å². The Morgan fingerprint density at radius 1 is 1.53 bits per heavy atom. The Morgan fingerprint density at radius 2 is 2.35 bits per heavy atom. The van der Waals surface area contributed by atoms with Crippen molar-refractivity contribution in [3.05, 3.63) is 11.6 Å². The molecule has 2 rings (SSSR count). The average Bonchev–Trinajstić information content (AvgIpc) is 2.90. The standard InChI is InChI=1S/C11H19N5O/c1-15(11(17)5-2-6-12)8-10-14-13-9-4-3-7-16(9)10/h2-8,12H2,1H3. The minimum absolute atomic E-state index is 0.116. The van der Waals surface area contributed by atoms with Crippen LogP contribution in [0.2, 0.25) is 0 Å². The van der Waals surface area contributed by atoms with E-state index in [9.17, 15) is 4.79 Å². The van der Waals surface area contributed by atoms with Gasteiger partial charge in [0, 0.05) is 26.4 Å². The van der Waals surface area contributed by atoms with Crippen LogP contribution in [0.5, 0.6) is 0 Å². The maximum absolute atomic E-state index is 11.7. The van der Waals surface area contributed by atoms with Gasteiger partial charge in [0.25, 0.3) is 0 Å². The molecule has 1 aliphatic heterocycles. The fourth-order valence-electron chi connectivity index (χ4n) is 2.07. The molecule has 1 aliphatic rings. The lowest BCUT2D eigenvalue weighted by Gasteiger charge is -2.16. The summed E-state index contributed by atoms with van der Waals surface area (Å²) in [4.78, 5) is 13.4. The van der Waals surface area contributed by atoms with Crippen molar-refractivity contribution in [1.82, 2.24) is 19.7 Å². The summed E-state index contributed by atoms with van der Waals surface area (Å²) in [5.41, 5.74) is 5.39. The molecule has 6 nitrogen and oxygen atoms in total. The van der Waals surface area contributed by atoms with Crippen LogP contribution in [0.3, 0.4) is 0 Å². The van der Waals surface area contributed by atoms with Crippen molar-refractivity contribution in [2.45, 2.75) is 38.8 Å². The molecule has 1 aromatic rings. The highest BCUT2D eigenvalue weighted by Gasteiger charge is 2.19. The number of aryl methyl sites for hydroxylation is 1. The fraction of sp³-hybridized carbons (Fsp3) is 0.727. The van der Waals surface area contributed by atoms with E-state index >= 15 is 0 Å². The van der Waals surface area contributed by atoms with Crippen LogP contribution in [0.25, 0.3) is 0 Å². The average molecular weight is 237 g/mol. The highest BCUT2D eigenvalue weighted by atomic mass is 16.2. The first-order chi connectivity index (χ1) is 8.22. The highest BCUT2D eigenvalue weighted by Crippen LogP contribution is 2.15. The summed E-state index contributed by atoms with van der Waals surface area (Å²) in [6.07, 6.45) is 3.37. The molecule has 6 heteroatoms. The molecule has 0 fully saturated rings. The second kappa shape index (κ2) is 5.27. The Balaban J connectivity index is 1.93. The van der Waals surface area contributed by atoms with Crippen LogP contribution in [-0.4, -0.2) is 39.2 Å². The number of aromatic nitrogens is 3. The van der Waals surface area contributed by atoms with Gasteiger partial charge in [-0.05, 0) is 19.4 Å². The van der Waals surface area contributed by atoms with Gasteiger partial charge in [0.15, 0.2) is 5.82 Å². The van der Waals surface area contributed by atoms with Crippen LogP contribution in [0.15, 0.2) is 0 Å². The minimum Gasteiger partial charge on any atom is -0.338 e. The van der Waals surface area contributed by atoms with Crippen molar-refractivity contribution in [2.24, 2.45) is 5.73 Å². The molecule has 0 radical (unpaired) electrons. The van der Waals surface area contributed by atoms with Crippen molar-refractivity contribution in [3.63, 3.8) is 0 Å². The van der Waals surface area contributed by atoms with Crippen molar-refractivity contribution in [2.75, 3.05) is 13.6 Å². The zero-order valence-electron chi connectivity index (χ0n) is 10.2. The number of carbonyl (C=O) groups is 1. The summed E-state index contributed by atoms with van der Waals surface area (Å²) in [5.74, 6) is 2.05. The molecule has 17 heavy (non-hydrogen) atoms. The zero-order valence-corrected chi connectivity index (χ0v) is 10.2. The minimum atomic E-state index is 0.116. The van der Waals surface area contributed by atoms with Crippen molar-refractivity contribution in [3.8, 4) is 0 Å². The van der Waals surface area contributed by atoms with Crippen LogP contribution in [0, 0.1) is 0 Å². The van der Waals surface area contributed by atoms with Gasteiger partial charge in [-0.3, -0.25) is 4.79 Å². The van der Waals surface area contributed by atoms with Crippen LogP contribution < -0.4 is 5.73 Å². The number of hydrogen-bond acceptors (Lipinski definition) is 4. The van der Waals surface area contributed by atoms with Gasteiger partial charge >= 0.3 is 0 Å². The quantitative estimate of drug-likeness (QED) is 0.777. The largest absolute Gasteiger partial charge is 0.338 e. The van der Waals surface area contributed by atoms with Crippen LogP contribution in [0.4, 0.5) is 0 Å². The van der Waals surface area contributed by atoms with Crippen molar-refractivity contribution in [1.29, 1.82) is 0 Å². The van der Waals surface area contributed by atoms with Gasteiger partial charge < -0.3 is 15.2 Å². The first-order valence-electron chi connectivity index (χ1n) is 6.07. The van der Waals surface area contributed by atoms with E-state index in [4.69, 9.17) is 5.73 Å². The van der Waals surface area contributed by atoms with E-state index in [1.54, 1.807) is 11.9 Å². The van der Waals surface area contributed by atoms with Crippen LogP contribution in [-0.2, 0) is 24.3 Å². The lowest BCUT2D eigenvalue weighted by molar-refractivity contribution is -0.130. The molecule has 0 unspecified atom stereocenters. The molecule has 0 spiro atoms. The smallest absolute Gasteiger partial charge is 0.222 e. The van der Waals surface area contributed by atoms with Crippen molar-refractivity contribution >= 4 is 5.91 Å². The third kappa shape index (κ3) is 2.63. The molecule has 0 saturated carbocycles. The molecular formula is C11H19N5O. The number of rotatable bonds is 5. The number of nitrogens with zero attached hydrogens (tertiary/aromatic N) is 4. The topological polar surface area (TPSA) is 77.0 Å². The first-order valence-corrected chi connectivity index (χ1v) is 6.07. The molecule has 94 valence electrons. The van der Waals surface area contributed by atoms with Crippen LogP contribution >= 0.6 is 0 Å². The van der Waals surface area contributed by atoms with Gasteiger partial charge in [0.05, 0.1) is 6.54 Å². The summed E-state index contributed by atoms with van der Waals surface area (Å²) in [7, 11) is 1.80. The predicted octanol–water partition coefficient (Wildman–Crippen LogP) is -0.0784. The molecule has 0 atom stereocenters. The number of hydrogen-bond donors (Lipinski definition) is 1. The van der Waals surface area contributed by atoms with E-state index < -0.39 is 0 Å². The molecule has 0 saturated heterocycles. The van der Waals surface area contributed by atoms with Gasteiger partial charge in [-0.25, -0.2) is 0 Å². The number of fused-ring (bicyclic) bond motifs is 1. The summed E-state index contributed by atoms with van der Waals surface area (Å²) in [6, 6.07) is 0. The van der Waals surface area contributed by atoms with Gasteiger partial charge in [-0.1, -0.05) is 0 Å². The van der Waals surface area contributed by atoms with E-state index in [1.807, 2.05) is 0 Å². The Labute approximate surface area is 101 Å². The molecule has 0 aliphatic carbocycles. The molecular weight excluding hydrogens is 218 g/mol. The van der Waals surface area contributed by atoms with Gasteiger partial charge in [0.1, 0.15) is 5.82 Å². The number of amides is 1. The second-order valence-corrected chi connectivity index (χ2v) is 4.43. The summed E-state index contributed by atoms with van der Waals surface area (Å²) >= 11 is 0. The fourth-order valence-corrected chi connectivity index (χ4v) is 2.07. The molecule has 0 bridgehead atoms. The zero-order chi connectivity index (χ0) is 12.3. The summed E-state index contributed by atoms with van der Waals surface area (Å²) in [6.45, 7) is 2.07. The highest BCUT2D eigenvalue weighted by molar-refractivity contribution is 5.75.